The lowest BCUT2D eigenvalue weighted by molar-refractivity contribution is 1.21. The Balaban J connectivity index is 2.49. The highest BCUT2D eigenvalue weighted by molar-refractivity contribution is 5.69. The maximum Gasteiger partial charge on any atom is 0.111 e. The Kier molecular flexibility index (Phi) is 2.37. The summed E-state index contributed by atoms with van der Waals surface area (Å²) >= 11 is 0. The van der Waals surface area contributed by atoms with E-state index in [1.807, 2.05) is 38.2 Å². The average molecular weight is 199 g/mol. The minimum Gasteiger partial charge on any atom is -0.397 e. The molecule has 0 fully saturated rings. The molecule has 76 valence electrons. The first-order chi connectivity index (χ1) is 7.16. The van der Waals surface area contributed by atoms with Crippen LogP contribution in [0.1, 0.15) is 11.1 Å². The Labute approximate surface area is 89.0 Å². The van der Waals surface area contributed by atoms with Crippen molar-refractivity contribution in [2.75, 3.05) is 5.73 Å². The number of hydrogen-bond acceptors (Lipinski definition) is 3. The van der Waals surface area contributed by atoms with Crippen LogP contribution in [-0.2, 0) is 0 Å². The molecule has 0 saturated heterocycles. The molecule has 0 saturated carbocycles. The number of anilines is 1. The summed E-state index contributed by atoms with van der Waals surface area (Å²) in [6.45, 7) is 3.97. The highest BCUT2D eigenvalue weighted by Gasteiger charge is 2.04. The summed E-state index contributed by atoms with van der Waals surface area (Å²) in [4.78, 5) is 8.59. The summed E-state index contributed by atoms with van der Waals surface area (Å²) in [5, 5.41) is 0. The fraction of sp³-hybridized carbons (Fsp3) is 0.167. The van der Waals surface area contributed by atoms with Crippen LogP contribution in [0.3, 0.4) is 0 Å². The largest absolute Gasteiger partial charge is 0.397 e. The topological polar surface area (TPSA) is 51.8 Å². The number of nitrogens with two attached hydrogens (primary N) is 1. The second-order valence-electron chi connectivity index (χ2n) is 3.67. The summed E-state index contributed by atoms with van der Waals surface area (Å²) in [5.41, 5.74) is 10.3. The summed E-state index contributed by atoms with van der Waals surface area (Å²) in [6, 6.07) is 5.84. The van der Waals surface area contributed by atoms with Crippen LogP contribution < -0.4 is 5.73 Å². The molecule has 0 spiro atoms. The van der Waals surface area contributed by atoms with Crippen LogP contribution >= 0.6 is 0 Å². The highest BCUT2D eigenvalue weighted by Crippen LogP contribution is 2.21. The third-order valence-electron chi connectivity index (χ3n) is 2.21. The quantitative estimate of drug-likeness (QED) is 0.767. The summed E-state index contributed by atoms with van der Waals surface area (Å²) in [5.74, 6) is 0. The number of nitrogen functional groups attached to an aromatic ring is 1. The van der Waals surface area contributed by atoms with E-state index in [1.165, 1.54) is 0 Å². The average Bonchev–Trinajstić information content (AvgIpc) is 2.20. The van der Waals surface area contributed by atoms with E-state index in [4.69, 9.17) is 5.73 Å². The number of aryl methyl sites for hydroxylation is 2. The number of hydrogen-bond donors (Lipinski definition) is 1. The number of nitrogens with zero attached hydrogens (tertiary/aromatic N) is 2. The Morgan fingerprint density at radius 3 is 2.33 bits per heavy atom. The third-order valence-corrected chi connectivity index (χ3v) is 2.21. The van der Waals surface area contributed by atoms with Crippen LogP contribution in [0.5, 0.6) is 0 Å². The van der Waals surface area contributed by atoms with Gasteiger partial charge in [0, 0.05) is 12.4 Å². The zero-order valence-corrected chi connectivity index (χ0v) is 8.86. The zero-order chi connectivity index (χ0) is 10.8. The molecule has 3 heteroatoms. The minimum atomic E-state index is 0.673. The maximum atomic E-state index is 5.89. The lowest BCUT2D eigenvalue weighted by atomic mass is 10.1. The molecule has 2 aromatic heterocycles. The van der Waals surface area contributed by atoms with Gasteiger partial charge in [0.2, 0.25) is 0 Å². The first-order valence-corrected chi connectivity index (χ1v) is 4.82. The van der Waals surface area contributed by atoms with Crippen LogP contribution in [0, 0.1) is 13.8 Å². The standard InChI is InChI=1S/C12H13N3/c1-8-3-4-11(14-6-8)12-10(13)5-9(2)7-15-12/h3-7H,13H2,1-2H3. The van der Waals surface area contributed by atoms with Crippen molar-refractivity contribution in [3.8, 4) is 11.4 Å². The molecular weight excluding hydrogens is 186 g/mol. The van der Waals surface area contributed by atoms with Gasteiger partial charge in [-0.2, -0.15) is 0 Å². The minimum absolute atomic E-state index is 0.673. The van der Waals surface area contributed by atoms with Crippen molar-refractivity contribution in [1.29, 1.82) is 0 Å². The molecule has 0 radical (unpaired) electrons. The monoisotopic (exact) mass is 199 g/mol. The van der Waals surface area contributed by atoms with Crippen LogP contribution in [0.2, 0.25) is 0 Å². The van der Waals surface area contributed by atoms with Gasteiger partial charge in [-0.15, -0.1) is 0 Å². The maximum absolute atomic E-state index is 5.89. The Morgan fingerprint density at radius 2 is 1.73 bits per heavy atom. The van der Waals surface area contributed by atoms with Gasteiger partial charge in [0.25, 0.3) is 0 Å². The molecule has 2 heterocycles. The molecule has 2 rings (SSSR count). The van der Waals surface area contributed by atoms with Gasteiger partial charge in [0.1, 0.15) is 5.69 Å². The molecule has 0 atom stereocenters. The van der Waals surface area contributed by atoms with Crippen molar-refractivity contribution in [3.05, 3.63) is 41.7 Å². The predicted octanol–water partition coefficient (Wildman–Crippen LogP) is 2.34. The molecule has 0 aromatic carbocycles. The molecule has 0 aliphatic carbocycles. The molecule has 0 unspecified atom stereocenters. The van der Waals surface area contributed by atoms with Crippen molar-refractivity contribution in [2.45, 2.75) is 13.8 Å². The van der Waals surface area contributed by atoms with E-state index >= 15 is 0 Å². The van der Waals surface area contributed by atoms with E-state index in [9.17, 15) is 0 Å². The van der Waals surface area contributed by atoms with Gasteiger partial charge in [-0.3, -0.25) is 9.97 Å². The van der Waals surface area contributed by atoms with Gasteiger partial charge in [-0.25, -0.2) is 0 Å². The summed E-state index contributed by atoms with van der Waals surface area (Å²) in [7, 11) is 0. The van der Waals surface area contributed by atoms with Gasteiger partial charge in [0.15, 0.2) is 0 Å². The van der Waals surface area contributed by atoms with E-state index in [1.54, 1.807) is 6.20 Å². The molecule has 0 amide bonds. The SMILES string of the molecule is Cc1ccc(-c2ncc(C)cc2N)nc1. The zero-order valence-electron chi connectivity index (χ0n) is 8.86. The normalized spacial score (nSPS) is 10.3. The van der Waals surface area contributed by atoms with Gasteiger partial charge < -0.3 is 5.73 Å². The lowest BCUT2D eigenvalue weighted by Crippen LogP contribution is -1.96. The lowest BCUT2D eigenvalue weighted by Gasteiger charge is -2.04. The molecule has 0 aliphatic heterocycles. The molecule has 2 aromatic rings. The van der Waals surface area contributed by atoms with E-state index in [0.29, 0.717) is 5.69 Å². The van der Waals surface area contributed by atoms with Gasteiger partial charge in [-0.05, 0) is 37.1 Å². The van der Waals surface area contributed by atoms with Gasteiger partial charge in [0.05, 0.1) is 11.4 Å². The van der Waals surface area contributed by atoms with Crippen molar-refractivity contribution < 1.29 is 0 Å². The molecule has 3 nitrogen and oxygen atoms in total. The van der Waals surface area contributed by atoms with E-state index in [-0.39, 0.29) is 0 Å². The number of aromatic nitrogens is 2. The van der Waals surface area contributed by atoms with Crippen LogP contribution in [0.25, 0.3) is 11.4 Å². The fourth-order valence-corrected chi connectivity index (χ4v) is 1.41. The predicted molar refractivity (Wildman–Crippen MR) is 61.4 cm³/mol. The third kappa shape index (κ3) is 1.96. The smallest absolute Gasteiger partial charge is 0.111 e. The molecule has 2 N–H and O–H groups in total. The second-order valence-corrected chi connectivity index (χ2v) is 3.67. The summed E-state index contributed by atoms with van der Waals surface area (Å²) < 4.78 is 0. The van der Waals surface area contributed by atoms with E-state index in [2.05, 4.69) is 9.97 Å². The van der Waals surface area contributed by atoms with Crippen LogP contribution in [0.4, 0.5) is 5.69 Å². The van der Waals surface area contributed by atoms with Gasteiger partial charge >= 0.3 is 0 Å². The van der Waals surface area contributed by atoms with Crippen LogP contribution in [0.15, 0.2) is 30.6 Å². The molecule has 15 heavy (non-hydrogen) atoms. The highest BCUT2D eigenvalue weighted by atomic mass is 14.8. The Morgan fingerprint density at radius 1 is 1.00 bits per heavy atom. The van der Waals surface area contributed by atoms with Gasteiger partial charge in [-0.1, -0.05) is 6.07 Å². The second kappa shape index (κ2) is 3.69. The van der Waals surface area contributed by atoms with Crippen LogP contribution in [-0.4, -0.2) is 9.97 Å². The number of pyridine rings is 2. The van der Waals surface area contributed by atoms with E-state index in [0.717, 1.165) is 22.5 Å². The van der Waals surface area contributed by atoms with Crippen molar-refractivity contribution in [3.63, 3.8) is 0 Å². The Hall–Kier alpha value is -1.90. The van der Waals surface area contributed by atoms with E-state index < -0.39 is 0 Å². The van der Waals surface area contributed by atoms with Crippen molar-refractivity contribution in [2.24, 2.45) is 0 Å². The van der Waals surface area contributed by atoms with Crippen molar-refractivity contribution in [1.82, 2.24) is 9.97 Å². The van der Waals surface area contributed by atoms with Crippen molar-refractivity contribution >= 4 is 5.69 Å². The number of rotatable bonds is 1. The Bertz CT molecular complexity index is 475. The summed E-state index contributed by atoms with van der Waals surface area (Å²) in [6.07, 6.45) is 3.61. The molecule has 0 aliphatic rings. The fourth-order valence-electron chi connectivity index (χ4n) is 1.41. The first kappa shape index (κ1) is 9.65. The first-order valence-electron chi connectivity index (χ1n) is 4.82. The molecular formula is C12H13N3. The molecule has 0 bridgehead atoms.